The van der Waals surface area contributed by atoms with Crippen molar-refractivity contribution in [3.05, 3.63) is 35.4 Å². The van der Waals surface area contributed by atoms with Gasteiger partial charge in [0.15, 0.2) is 0 Å². The molecule has 98 valence electrons. The number of methoxy groups -OCH3 is 2. The Hall–Kier alpha value is -1.97. The molecule has 0 unspecified atom stereocenters. The minimum atomic E-state index is -0.303. The molecule has 0 heterocycles. The number of anilines is 1. The summed E-state index contributed by atoms with van der Waals surface area (Å²) in [6, 6.07) is 5.85. The lowest BCUT2D eigenvalue weighted by Gasteiger charge is -2.08. The molecule has 4 heteroatoms. The van der Waals surface area contributed by atoms with Crippen LogP contribution < -0.4 is 10.1 Å². The van der Waals surface area contributed by atoms with Crippen LogP contribution in [0.5, 0.6) is 5.75 Å². The lowest BCUT2D eigenvalue weighted by molar-refractivity contribution is -0.136. The van der Waals surface area contributed by atoms with Gasteiger partial charge in [0.1, 0.15) is 5.75 Å². The van der Waals surface area contributed by atoms with Crippen molar-refractivity contribution in [3.63, 3.8) is 0 Å². The summed E-state index contributed by atoms with van der Waals surface area (Å²) in [7, 11) is 3.03. The van der Waals surface area contributed by atoms with E-state index in [4.69, 9.17) is 4.74 Å². The highest BCUT2D eigenvalue weighted by Crippen LogP contribution is 2.21. The van der Waals surface area contributed by atoms with Gasteiger partial charge in [0.2, 0.25) is 0 Å². The molecule has 0 bridgehead atoms. The lowest BCUT2D eigenvalue weighted by atomic mass is 10.2. The zero-order valence-corrected chi connectivity index (χ0v) is 11.2. The Morgan fingerprint density at radius 2 is 2.11 bits per heavy atom. The Morgan fingerprint density at radius 3 is 2.67 bits per heavy atom. The van der Waals surface area contributed by atoms with E-state index in [9.17, 15) is 4.79 Å². The van der Waals surface area contributed by atoms with Crippen LogP contribution >= 0.6 is 0 Å². The Labute approximate surface area is 108 Å². The number of benzene rings is 1. The van der Waals surface area contributed by atoms with Gasteiger partial charge in [-0.1, -0.05) is 6.08 Å². The Morgan fingerprint density at radius 1 is 1.39 bits per heavy atom. The van der Waals surface area contributed by atoms with Crippen molar-refractivity contribution in [1.82, 2.24) is 0 Å². The highest BCUT2D eigenvalue weighted by Gasteiger charge is 2.02. The first-order valence-electron chi connectivity index (χ1n) is 5.72. The molecule has 0 atom stereocenters. The average Bonchev–Trinajstić information content (AvgIpc) is 2.37. The first kappa shape index (κ1) is 14.1. The molecule has 1 N–H and O–H groups in total. The number of ether oxygens (including phenoxy) is 2. The maximum absolute atomic E-state index is 11.2. The van der Waals surface area contributed by atoms with Crippen molar-refractivity contribution in [1.29, 1.82) is 0 Å². The molecule has 0 fully saturated rings. The maximum Gasteiger partial charge on any atom is 0.333 e. The molecule has 0 radical (unpaired) electrons. The summed E-state index contributed by atoms with van der Waals surface area (Å²) >= 11 is 0. The van der Waals surface area contributed by atoms with Crippen LogP contribution in [-0.2, 0) is 9.53 Å². The largest absolute Gasteiger partial charge is 0.496 e. The van der Waals surface area contributed by atoms with E-state index in [1.165, 1.54) is 7.11 Å². The molecule has 0 aliphatic heterocycles. The topological polar surface area (TPSA) is 47.6 Å². The Kier molecular flexibility index (Phi) is 5.24. The highest BCUT2D eigenvalue weighted by molar-refractivity contribution is 5.87. The van der Waals surface area contributed by atoms with Gasteiger partial charge in [-0.3, -0.25) is 0 Å². The third kappa shape index (κ3) is 3.80. The summed E-state index contributed by atoms with van der Waals surface area (Å²) in [5.74, 6) is 0.560. The van der Waals surface area contributed by atoms with Crippen molar-refractivity contribution in [2.75, 3.05) is 26.1 Å². The molecule has 18 heavy (non-hydrogen) atoms. The van der Waals surface area contributed by atoms with Crippen molar-refractivity contribution in [2.45, 2.75) is 13.8 Å². The van der Waals surface area contributed by atoms with E-state index in [0.29, 0.717) is 12.1 Å². The second kappa shape index (κ2) is 6.69. The Bertz CT molecular complexity index is 452. The molecule has 0 aliphatic carbocycles. The monoisotopic (exact) mass is 249 g/mol. The Balaban J connectivity index is 2.59. The number of hydrogen-bond acceptors (Lipinski definition) is 4. The van der Waals surface area contributed by atoms with Crippen LogP contribution in [0.15, 0.2) is 29.8 Å². The van der Waals surface area contributed by atoms with E-state index in [2.05, 4.69) is 10.1 Å². The highest BCUT2D eigenvalue weighted by atomic mass is 16.5. The molecule has 4 nitrogen and oxygen atoms in total. The molecule has 0 amide bonds. The predicted molar refractivity (Wildman–Crippen MR) is 72.0 cm³/mol. The standard InChI is InChI=1S/C14H19NO3/c1-10(14(16)18-4)7-8-15-12-5-6-13(17-3)11(2)9-12/h5-7,9,15H,8H2,1-4H3/b10-7+. The van der Waals surface area contributed by atoms with Crippen LogP contribution in [0.25, 0.3) is 0 Å². The summed E-state index contributed by atoms with van der Waals surface area (Å²) < 4.78 is 9.80. The van der Waals surface area contributed by atoms with E-state index >= 15 is 0 Å². The van der Waals surface area contributed by atoms with E-state index in [1.807, 2.05) is 25.1 Å². The fraction of sp³-hybridized carbons (Fsp3) is 0.357. The predicted octanol–water partition coefficient (Wildman–Crippen LogP) is 2.53. The van der Waals surface area contributed by atoms with Crippen LogP contribution in [0.4, 0.5) is 5.69 Å². The minimum absolute atomic E-state index is 0.303. The molecule has 0 saturated heterocycles. The summed E-state index contributed by atoms with van der Waals surface area (Å²) in [6.07, 6.45) is 1.80. The summed E-state index contributed by atoms with van der Waals surface area (Å²) in [6.45, 7) is 4.29. The third-order valence-electron chi connectivity index (χ3n) is 2.62. The number of aryl methyl sites for hydroxylation is 1. The van der Waals surface area contributed by atoms with E-state index in [-0.39, 0.29) is 5.97 Å². The van der Waals surface area contributed by atoms with Crippen molar-refractivity contribution >= 4 is 11.7 Å². The van der Waals surface area contributed by atoms with Crippen LogP contribution in [0.3, 0.4) is 0 Å². The molecule has 0 spiro atoms. The summed E-state index contributed by atoms with van der Waals surface area (Å²) in [5.41, 5.74) is 2.65. The first-order valence-corrected chi connectivity index (χ1v) is 5.72. The van der Waals surface area contributed by atoms with Crippen molar-refractivity contribution in [3.8, 4) is 5.75 Å². The number of rotatable bonds is 5. The lowest BCUT2D eigenvalue weighted by Crippen LogP contribution is -2.05. The number of hydrogen-bond donors (Lipinski definition) is 1. The van der Waals surface area contributed by atoms with Crippen LogP contribution in [-0.4, -0.2) is 26.7 Å². The smallest absolute Gasteiger partial charge is 0.333 e. The molecular formula is C14H19NO3. The van der Waals surface area contributed by atoms with Gasteiger partial charge in [0, 0.05) is 17.8 Å². The van der Waals surface area contributed by atoms with Crippen LogP contribution in [0, 0.1) is 6.92 Å². The van der Waals surface area contributed by atoms with Gasteiger partial charge in [-0.25, -0.2) is 4.79 Å². The minimum Gasteiger partial charge on any atom is -0.496 e. The van der Waals surface area contributed by atoms with E-state index in [0.717, 1.165) is 17.0 Å². The second-order valence-corrected chi connectivity index (χ2v) is 3.94. The molecule has 0 aromatic heterocycles. The molecular weight excluding hydrogens is 230 g/mol. The van der Waals surface area contributed by atoms with Crippen molar-refractivity contribution < 1.29 is 14.3 Å². The van der Waals surface area contributed by atoms with Gasteiger partial charge in [0.25, 0.3) is 0 Å². The molecule has 1 aromatic carbocycles. The van der Waals surface area contributed by atoms with Crippen LogP contribution in [0.1, 0.15) is 12.5 Å². The first-order chi connectivity index (χ1) is 8.58. The molecule has 1 aromatic rings. The second-order valence-electron chi connectivity index (χ2n) is 3.94. The fourth-order valence-corrected chi connectivity index (χ4v) is 1.55. The summed E-state index contributed by atoms with van der Waals surface area (Å²) in [4.78, 5) is 11.2. The fourth-order valence-electron chi connectivity index (χ4n) is 1.55. The number of nitrogens with one attached hydrogen (secondary N) is 1. The molecule has 1 rings (SSSR count). The van der Waals surface area contributed by atoms with Gasteiger partial charge < -0.3 is 14.8 Å². The number of esters is 1. The third-order valence-corrected chi connectivity index (χ3v) is 2.62. The van der Waals surface area contributed by atoms with Gasteiger partial charge in [-0.15, -0.1) is 0 Å². The zero-order chi connectivity index (χ0) is 13.5. The molecule has 0 aliphatic rings. The number of carbonyl (C=O) groups excluding carboxylic acids is 1. The van der Waals surface area contributed by atoms with Gasteiger partial charge in [0.05, 0.1) is 14.2 Å². The average molecular weight is 249 g/mol. The normalized spacial score (nSPS) is 11.0. The number of carbonyl (C=O) groups is 1. The zero-order valence-electron chi connectivity index (χ0n) is 11.2. The van der Waals surface area contributed by atoms with E-state index in [1.54, 1.807) is 20.1 Å². The SMILES string of the molecule is COC(=O)/C(C)=C/CNc1ccc(OC)c(C)c1. The van der Waals surface area contributed by atoms with Gasteiger partial charge in [-0.05, 0) is 37.6 Å². The van der Waals surface area contributed by atoms with E-state index < -0.39 is 0 Å². The summed E-state index contributed by atoms with van der Waals surface area (Å²) in [5, 5.41) is 3.21. The van der Waals surface area contributed by atoms with Crippen molar-refractivity contribution in [2.24, 2.45) is 0 Å². The molecule has 0 saturated carbocycles. The maximum atomic E-state index is 11.2. The van der Waals surface area contributed by atoms with Gasteiger partial charge in [-0.2, -0.15) is 0 Å². The van der Waals surface area contributed by atoms with Gasteiger partial charge >= 0.3 is 5.97 Å². The quantitative estimate of drug-likeness (QED) is 0.643. The van der Waals surface area contributed by atoms with Crippen LogP contribution in [0.2, 0.25) is 0 Å².